The number of hydrogen-bond donors (Lipinski definition) is 0. The summed E-state index contributed by atoms with van der Waals surface area (Å²) in [6.45, 7) is 11.3. The Morgan fingerprint density at radius 1 is 1.06 bits per heavy atom. The summed E-state index contributed by atoms with van der Waals surface area (Å²) >= 11 is 0. The van der Waals surface area contributed by atoms with E-state index < -0.39 is 0 Å². The van der Waals surface area contributed by atoms with Gasteiger partial charge in [-0.15, -0.1) is 0 Å². The summed E-state index contributed by atoms with van der Waals surface area (Å²) in [5, 5.41) is 0. The van der Waals surface area contributed by atoms with Crippen LogP contribution in [0.1, 0.15) is 43.6 Å². The first kappa shape index (κ1) is 27.5. The molecule has 2 heterocycles. The molecule has 1 aromatic heterocycles. The molecule has 9 heteroatoms. The summed E-state index contributed by atoms with van der Waals surface area (Å²) in [6.07, 6.45) is 1.01. The van der Waals surface area contributed by atoms with Crippen LogP contribution in [0.15, 0.2) is 35.1 Å². The van der Waals surface area contributed by atoms with E-state index in [-0.39, 0.29) is 37.1 Å². The Balaban J connectivity index is 1.89. The van der Waals surface area contributed by atoms with Gasteiger partial charge in [0.05, 0.1) is 0 Å². The minimum absolute atomic E-state index is 0.00353. The number of carbonyl (C=O) groups excluding carboxylic acids is 2. The molecule has 0 aliphatic carbocycles. The molecular weight excluding hydrogens is 458 g/mol. The first-order valence-electron chi connectivity index (χ1n) is 12.7. The second-order valence-corrected chi connectivity index (χ2v) is 9.63. The number of carbonyl (C=O) groups is 2. The summed E-state index contributed by atoms with van der Waals surface area (Å²) in [5.74, 6) is -0.130. The molecule has 0 saturated carbocycles. The van der Waals surface area contributed by atoms with Gasteiger partial charge < -0.3 is 14.5 Å². The second-order valence-electron chi connectivity index (χ2n) is 9.63. The van der Waals surface area contributed by atoms with Crippen molar-refractivity contribution < 1.29 is 14.3 Å². The molecule has 0 unspecified atom stereocenters. The summed E-state index contributed by atoms with van der Waals surface area (Å²) in [6, 6.07) is 9.91. The molecule has 1 aliphatic rings. The zero-order valence-corrected chi connectivity index (χ0v) is 22.2. The first-order chi connectivity index (χ1) is 17.2. The smallest absolute Gasteiger partial charge is 0.347 e. The highest BCUT2D eigenvalue weighted by molar-refractivity contribution is 5.95. The van der Waals surface area contributed by atoms with Crippen LogP contribution in [0.3, 0.4) is 0 Å². The van der Waals surface area contributed by atoms with Crippen LogP contribution in [0.25, 0.3) is 0 Å². The van der Waals surface area contributed by atoms with Crippen LogP contribution in [0.5, 0.6) is 0 Å². The van der Waals surface area contributed by atoms with Gasteiger partial charge in [0.15, 0.2) is 0 Å². The van der Waals surface area contributed by atoms with Crippen molar-refractivity contribution in [1.82, 2.24) is 19.4 Å². The number of aryl methyl sites for hydroxylation is 2. The highest BCUT2D eigenvalue weighted by Crippen LogP contribution is 2.24. The molecule has 0 fully saturated rings. The van der Waals surface area contributed by atoms with Gasteiger partial charge in [-0.2, -0.15) is 4.98 Å². The van der Waals surface area contributed by atoms with Gasteiger partial charge in [0.1, 0.15) is 6.61 Å². The Morgan fingerprint density at radius 3 is 2.50 bits per heavy atom. The molecule has 1 aliphatic heterocycles. The number of aromatic nitrogens is 2. The molecule has 2 amide bonds. The minimum Gasteiger partial charge on any atom is -0.375 e. The third kappa shape index (κ3) is 7.01. The summed E-state index contributed by atoms with van der Waals surface area (Å²) < 4.78 is 6.70. The Labute approximate surface area is 213 Å². The molecule has 9 nitrogen and oxygen atoms in total. The number of para-hydroxylation sites is 1. The van der Waals surface area contributed by atoms with E-state index in [1.54, 1.807) is 16.4 Å². The summed E-state index contributed by atoms with van der Waals surface area (Å²) in [7, 11) is 1.52. The maximum absolute atomic E-state index is 13.5. The first-order valence-corrected chi connectivity index (χ1v) is 12.7. The van der Waals surface area contributed by atoms with E-state index >= 15 is 0 Å². The largest absolute Gasteiger partial charge is 0.375 e. The van der Waals surface area contributed by atoms with E-state index in [0.717, 1.165) is 36.5 Å². The average Bonchev–Trinajstić information content (AvgIpc) is 2.85. The van der Waals surface area contributed by atoms with Crippen LogP contribution in [0, 0.1) is 13.8 Å². The van der Waals surface area contributed by atoms with Gasteiger partial charge in [0.2, 0.25) is 5.91 Å². The fourth-order valence-corrected chi connectivity index (χ4v) is 4.71. The molecule has 2 aromatic rings. The zero-order chi connectivity index (χ0) is 26.2. The van der Waals surface area contributed by atoms with E-state index in [2.05, 4.69) is 23.7 Å². The summed E-state index contributed by atoms with van der Waals surface area (Å²) in [4.78, 5) is 48.8. The lowest BCUT2D eigenvalue weighted by molar-refractivity contribution is -0.132. The molecule has 0 radical (unpaired) electrons. The van der Waals surface area contributed by atoms with Crippen molar-refractivity contribution in [3.63, 3.8) is 0 Å². The van der Waals surface area contributed by atoms with E-state index in [4.69, 9.17) is 4.74 Å². The predicted octanol–water partition coefficient (Wildman–Crippen LogP) is 2.37. The van der Waals surface area contributed by atoms with Gasteiger partial charge in [0.25, 0.3) is 5.91 Å². The number of amides is 2. The highest BCUT2D eigenvalue weighted by Gasteiger charge is 2.24. The van der Waals surface area contributed by atoms with Gasteiger partial charge in [-0.05, 0) is 51.8 Å². The van der Waals surface area contributed by atoms with Crippen molar-refractivity contribution in [3.8, 4) is 0 Å². The van der Waals surface area contributed by atoms with Crippen LogP contribution in [0.4, 0.5) is 5.69 Å². The molecular formula is C27H39N5O4. The Kier molecular flexibility index (Phi) is 9.78. The topological polar surface area (TPSA) is 88.0 Å². The number of methoxy groups -OCH3 is 1. The normalized spacial score (nSPS) is 15.5. The standard InChI is InChI=1S/C27H39N5O4/c1-20(2)29-12-8-13-32(26(34)19-36-5)24-10-7-6-9-23(24)18-30(16-15-29)25(33)11-14-31-22(4)17-21(3)28-27(31)35/h6-7,9-10,17,20H,8,11-16,18-19H2,1-5H3. The minimum atomic E-state index is -0.332. The van der Waals surface area contributed by atoms with Crippen molar-refractivity contribution in [1.29, 1.82) is 0 Å². The number of nitrogens with zero attached hydrogens (tertiary/aromatic N) is 5. The number of ether oxygens (including phenoxy) is 1. The fraction of sp³-hybridized carbons (Fsp3) is 0.556. The maximum atomic E-state index is 13.5. The third-order valence-corrected chi connectivity index (χ3v) is 6.68. The monoisotopic (exact) mass is 497 g/mol. The molecule has 0 atom stereocenters. The maximum Gasteiger partial charge on any atom is 0.347 e. The van der Waals surface area contributed by atoms with Crippen molar-refractivity contribution in [2.75, 3.05) is 44.8 Å². The molecule has 1 aromatic carbocycles. The average molecular weight is 498 g/mol. The van der Waals surface area contributed by atoms with Crippen molar-refractivity contribution in [3.05, 3.63) is 57.8 Å². The number of rotatable bonds is 6. The van der Waals surface area contributed by atoms with E-state index in [1.165, 1.54) is 7.11 Å². The van der Waals surface area contributed by atoms with Crippen LogP contribution >= 0.6 is 0 Å². The van der Waals surface area contributed by atoms with E-state index in [9.17, 15) is 14.4 Å². The van der Waals surface area contributed by atoms with Gasteiger partial charge in [-0.1, -0.05) is 18.2 Å². The predicted molar refractivity (Wildman–Crippen MR) is 140 cm³/mol. The van der Waals surface area contributed by atoms with Crippen LogP contribution in [0.2, 0.25) is 0 Å². The van der Waals surface area contributed by atoms with E-state index in [1.807, 2.05) is 42.2 Å². The van der Waals surface area contributed by atoms with Crippen LogP contribution < -0.4 is 10.6 Å². The van der Waals surface area contributed by atoms with Crippen molar-refractivity contribution in [2.24, 2.45) is 0 Å². The molecule has 3 rings (SSSR count). The molecule has 196 valence electrons. The van der Waals surface area contributed by atoms with Gasteiger partial charge in [-0.25, -0.2) is 4.79 Å². The quantitative estimate of drug-likeness (QED) is 0.609. The Bertz CT molecular complexity index is 1110. The number of anilines is 1. The molecule has 0 saturated heterocycles. The molecule has 0 spiro atoms. The van der Waals surface area contributed by atoms with Crippen LogP contribution in [-0.4, -0.2) is 77.1 Å². The number of hydrogen-bond acceptors (Lipinski definition) is 6. The number of fused-ring (bicyclic) bond motifs is 1. The number of benzene rings is 1. The highest BCUT2D eigenvalue weighted by atomic mass is 16.5. The van der Waals surface area contributed by atoms with Gasteiger partial charge in [-0.3, -0.25) is 19.1 Å². The SMILES string of the molecule is COCC(=O)N1CCCN(C(C)C)CCN(C(=O)CCn2c(C)cc(C)nc2=O)Cc2ccccc21. The third-order valence-electron chi connectivity index (χ3n) is 6.68. The fourth-order valence-electron chi connectivity index (χ4n) is 4.71. The molecule has 0 bridgehead atoms. The zero-order valence-electron chi connectivity index (χ0n) is 22.2. The van der Waals surface area contributed by atoms with Crippen molar-refractivity contribution >= 4 is 17.5 Å². The second kappa shape index (κ2) is 12.8. The molecule has 36 heavy (non-hydrogen) atoms. The molecule has 0 N–H and O–H groups in total. The lowest BCUT2D eigenvalue weighted by Gasteiger charge is -2.30. The lowest BCUT2D eigenvalue weighted by atomic mass is 10.1. The van der Waals surface area contributed by atoms with Crippen LogP contribution in [-0.2, 0) is 27.4 Å². The Hall–Kier alpha value is -3.04. The Morgan fingerprint density at radius 2 is 1.81 bits per heavy atom. The van der Waals surface area contributed by atoms with Gasteiger partial charge in [0, 0.05) is 75.9 Å². The van der Waals surface area contributed by atoms with E-state index in [0.29, 0.717) is 31.4 Å². The summed E-state index contributed by atoms with van der Waals surface area (Å²) in [5.41, 5.74) is 2.86. The van der Waals surface area contributed by atoms with Gasteiger partial charge >= 0.3 is 5.69 Å². The van der Waals surface area contributed by atoms with Crippen molar-refractivity contribution in [2.45, 2.75) is 59.7 Å². The lowest BCUT2D eigenvalue weighted by Crippen LogP contribution is -2.42.